The molecule has 2 saturated heterocycles. The Bertz CT molecular complexity index is 1110. The second-order valence-electron chi connectivity index (χ2n) is 10.2. The summed E-state index contributed by atoms with van der Waals surface area (Å²) in [5.41, 5.74) is 1.63. The first-order valence-corrected chi connectivity index (χ1v) is 13.5. The maximum Gasteiger partial charge on any atom is 0.242 e. The van der Waals surface area contributed by atoms with Gasteiger partial charge in [-0.1, -0.05) is 6.42 Å². The highest BCUT2D eigenvalue weighted by Gasteiger charge is 2.34. The normalized spacial score (nSPS) is 19.7. The van der Waals surface area contributed by atoms with E-state index < -0.39 is 0 Å². The lowest BCUT2D eigenvalue weighted by Gasteiger charge is -2.37. The second kappa shape index (κ2) is 12.0. The number of carbonyl (C=O) groups is 2. The van der Waals surface area contributed by atoms with Gasteiger partial charge in [0.25, 0.3) is 0 Å². The van der Waals surface area contributed by atoms with Gasteiger partial charge in [-0.2, -0.15) is 0 Å². The summed E-state index contributed by atoms with van der Waals surface area (Å²) in [5, 5.41) is 8.87. The van der Waals surface area contributed by atoms with Gasteiger partial charge >= 0.3 is 0 Å². The van der Waals surface area contributed by atoms with Crippen LogP contribution in [-0.2, 0) is 14.3 Å². The van der Waals surface area contributed by atoms with E-state index in [2.05, 4.69) is 15.1 Å². The van der Waals surface area contributed by atoms with Gasteiger partial charge in [0.1, 0.15) is 0 Å². The quantitative estimate of drug-likeness (QED) is 0.495. The summed E-state index contributed by atoms with van der Waals surface area (Å²) in [5.74, 6) is 2.27. The molecular formula is C28H37N5O5. The van der Waals surface area contributed by atoms with Crippen LogP contribution in [0.2, 0.25) is 0 Å². The molecule has 1 aliphatic carbocycles. The summed E-state index contributed by atoms with van der Waals surface area (Å²) >= 11 is 0. The van der Waals surface area contributed by atoms with Crippen molar-refractivity contribution in [2.75, 3.05) is 65.0 Å². The highest BCUT2D eigenvalue weighted by molar-refractivity contribution is 5.86. The number of anilines is 1. The van der Waals surface area contributed by atoms with Gasteiger partial charge in [0.15, 0.2) is 17.3 Å². The van der Waals surface area contributed by atoms with Crippen LogP contribution in [0.3, 0.4) is 0 Å². The fourth-order valence-corrected chi connectivity index (χ4v) is 5.27. The molecule has 1 aromatic carbocycles. The number of aromatic nitrogens is 2. The van der Waals surface area contributed by atoms with Crippen molar-refractivity contribution in [3.63, 3.8) is 0 Å². The smallest absolute Gasteiger partial charge is 0.242 e. The zero-order chi connectivity index (χ0) is 26.5. The molecule has 3 fully saturated rings. The molecule has 1 atom stereocenters. The number of hydrogen-bond donors (Lipinski definition) is 0. The SMILES string of the molecule is COc1ccc(-c2ccc(N3CCN(C(=O)CN(C[C@H]4CCCO4)C(=O)C4CCC4)CC3)nn2)cc1OC. The summed E-state index contributed by atoms with van der Waals surface area (Å²) in [6, 6.07) is 9.55. The van der Waals surface area contributed by atoms with Crippen LogP contribution in [0.25, 0.3) is 11.3 Å². The predicted octanol–water partition coefficient (Wildman–Crippen LogP) is 2.62. The van der Waals surface area contributed by atoms with E-state index in [1.54, 1.807) is 19.1 Å². The number of hydrogen-bond acceptors (Lipinski definition) is 8. The van der Waals surface area contributed by atoms with Crippen LogP contribution in [-0.4, -0.2) is 98.0 Å². The summed E-state index contributed by atoms with van der Waals surface area (Å²) in [7, 11) is 3.21. The first-order valence-electron chi connectivity index (χ1n) is 13.5. The Labute approximate surface area is 223 Å². The van der Waals surface area contributed by atoms with E-state index in [0.29, 0.717) is 44.2 Å². The van der Waals surface area contributed by atoms with Gasteiger partial charge in [-0.3, -0.25) is 9.59 Å². The van der Waals surface area contributed by atoms with Crippen LogP contribution >= 0.6 is 0 Å². The predicted molar refractivity (Wildman–Crippen MR) is 142 cm³/mol. The molecule has 204 valence electrons. The molecule has 3 aliphatic rings. The zero-order valence-corrected chi connectivity index (χ0v) is 22.3. The lowest BCUT2D eigenvalue weighted by molar-refractivity contribution is -0.146. The van der Waals surface area contributed by atoms with Gasteiger partial charge in [-0.05, 0) is 56.0 Å². The third kappa shape index (κ3) is 5.85. The van der Waals surface area contributed by atoms with Gasteiger partial charge in [0, 0.05) is 50.8 Å². The number of piperazine rings is 1. The largest absolute Gasteiger partial charge is 0.493 e. The standard InChI is InChI=1S/C28H37N5O5/c1-36-24-10-8-21(17-25(24)37-2)23-9-11-26(30-29-23)31-12-14-32(15-13-31)27(34)19-33(18-22-7-4-16-38-22)28(35)20-5-3-6-20/h8-11,17,20,22H,3-7,12-16,18-19H2,1-2H3/t22-/m1/s1. The number of carbonyl (C=O) groups excluding carboxylic acids is 2. The number of nitrogens with zero attached hydrogens (tertiary/aromatic N) is 5. The molecule has 10 nitrogen and oxygen atoms in total. The summed E-state index contributed by atoms with van der Waals surface area (Å²) in [4.78, 5) is 32.0. The van der Waals surface area contributed by atoms with Gasteiger partial charge < -0.3 is 28.9 Å². The van der Waals surface area contributed by atoms with Crippen LogP contribution < -0.4 is 14.4 Å². The van der Waals surface area contributed by atoms with Crippen molar-refractivity contribution < 1.29 is 23.8 Å². The summed E-state index contributed by atoms with van der Waals surface area (Å²) in [6.07, 6.45) is 4.97. The molecule has 1 saturated carbocycles. The van der Waals surface area contributed by atoms with Crippen molar-refractivity contribution in [1.82, 2.24) is 20.0 Å². The molecule has 5 rings (SSSR count). The Morgan fingerprint density at radius 1 is 0.974 bits per heavy atom. The summed E-state index contributed by atoms with van der Waals surface area (Å²) in [6.45, 7) is 3.89. The van der Waals surface area contributed by atoms with E-state index in [9.17, 15) is 9.59 Å². The van der Waals surface area contributed by atoms with Crippen LogP contribution in [0.4, 0.5) is 5.82 Å². The fraction of sp³-hybridized carbons (Fsp3) is 0.571. The van der Waals surface area contributed by atoms with E-state index >= 15 is 0 Å². The number of ether oxygens (including phenoxy) is 3. The maximum absolute atomic E-state index is 13.2. The number of benzene rings is 1. The Hall–Kier alpha value is -3.40. The minimum absolute atomic E-state index is 0.00482. The van der Waals surface area contributed by atoms with Crippen molar-refractivity contribution in [3.8, 4) is 22.8 Å². The van der Waals surface area contributed by atoms with Crippen LogP contribution in [0.5, 0.6) is 11.5 Å². The van der Waals surface area contributed by atoms with E-state index in [1.807, 2.05) is 35.2 Å². The van der Waals surface area contributed by atoms with E-state index in [1.165, 1.54) is 0 Å². The van der Waals surface area contributed by atoms with E-state index in [0.717, 1.165) is 55.8 Å². The third-order valence-electron chi connectivity index (χ3n) is 7.83. The van der Waals surface area contributed by atoms with Gasteiger partial charge in [0.2, 0.25) is 11.8 Å². The first-order chi connectivity index (χ1) is 18.6. The van der Waals surface area contributed by atoms with Crippen LogP contribution in [0, 0.1) is 5.92 Å². The van der Waals surface area contributed by atoms with Crippen LogP contribution in [0.1, 0.15) is 32.1 Å². The van der Waals surface area contributed by atoms with Crippen LogP contribution in [0.15, 0.2) is 30.3 Å². The fourth-order valence-electron chi connectivity index (χ4n) is 5.27. The second-order valence-corrected chi connectivity index (χ2v) is 10.2. The topological polar surface area (TPSA) is 97.3 Å². The Morgan fingerprint density at radius 2 is 1.76 bits per heavy atom. The molecule has 1 aromatic heterocycles. The van der Waals surface area contributed by atoms with E-state index in [4.69, 9.17) is 14.2 Å². The third-order valence-corrected chi connectivity index (χ3v) is 7.83. The number of methoxy groups -OCH3 is 2. The Kier molecular flexibility index (Phi) is 8.26. The lowest BCUT2D eigenvalue weighted by atomic mass is 9.84. The number of amides is 2. The molecule has 0 unspecified atom stereocenters. The van der Waals surface area contributed by atoms with E-state index in [-0.39, 0.29) is 30.4 Å². The van der Waals surface area contributed by atoms with Crippen molar-refractivity contribution in [1.29, 1.82) is 0 Å². The molecular weight excluding hydrogens is 486 g/mol. The van der Waals surface area contributed by atoms with Crippen molar-refractivity contribution in [2.24, 2.45) is 5.92 Å². The molecule has 2 aliphatic heterocycles. The van der Waals surface area contributed by atoms with Crippen molar-refractivity contribution in [2.45, 2.75) is 38.2 Å². The minimum Gasteiger partial charge on any atom is -0.493 e. The Morgan fingerprint density at radius 3 is 2.37 bits per heavy atom. The molecule has 2 amide bonds. The van der Waals surface area contributed by atoms with Gasteiger partial charge in [-0.15, -0.1) is 10.2 Å². The monoisotopic (exact) mass is 523 g/mol. The molecule has 3 heterocycles. The average Bonchev–Trinajstić information content (AvgIpc) is 3.44. The summed E-state index contributed by atoms with van der Waals surface area (Å²) < 4.78 is 16.5. The molecule has 10 heteroatoms. The minimum atomic E-state index is 0.00482. The molecule has 0 radical (unpaired) electrons. The molecule has 0 bridgehead atoms. The van der Waals surface area contributed by atoms with Gasteiger partial charge in [-0.25, -0.2) is 0 Å². The van der Waals surface area contributed by atoms with Crippen molar-refractivity contribution >= 4 is 17.6 Å². The Balaban J connectivity index is 1.16. The molecule has 0 spiro atoms. The molecule has 38 heavy (non-hydrogen) atoms. The molecule has 0 N–H and O–H groups in total. The maximum atomic E-state index is 13.2. The molecule has 2 aromatic rings. The number of rotatable bonds is 9. The highest BCUT2D eigenvalue weighted by Crippen LogP contribution is 2.32. The highest BCUT2D eigenvalue weighted by atomic mass is 16.5. The lowest BCUT2D eigenvalue weighted by Crippen LogP contribution is -2.53. The first kappa shape index (κ1) is 26.2. The van der Waals surface area contributed by atoms with Gasteiger partial charge in [0.05, 0.1) is 32.6 Å². The van der Waals surface area contributed by atoms with Crippen molar-refractivity contribution in [3.05, 3.63) is 30.3 Å². The average molecular weight is 524 g/mol. The zero-order valence-electron chi connectivity index (χ0n) is 22.3.